The molecule has 1 aromatic heterocycles. The molecule has 0 atom stereocenters. The monoisotopic (exact) mass is 252 g/mol. The van der Waals surface area contributed by atoms with E-state index in [-0.39, 0.29) is 0 Å². The maximum Gasteiger partial charge on any atom is 0.0107 e. The molecule has 0 amide bonds. The molecule has 0 saturated heterocycles. The van der Waals surface area contributed by atoms with Crippen LogP contribution in [0.25, 0.3) is 0 Å². The summed E-state index contributed by atoms with van der Waals surface area (Å²) in [6.07, 6.45) is 4.09. The Labute approximate surface area is 109 Å². The maximum absolute atomic E-state index is 3.55. The Hall–Kier alpha value is -0.380. The van der Waals surface area contributed by atoms with E-state index in [0.717, 1.165) is 19.0 Å². The second kappa shape index (κ2) is 7.14. The molecule has 96 valence electrons. The van der Waals surface area contributed by atoms with Gasteiger partial charge in [-0.2, -0.15) is 0 Å². The normalized spacial score (nSPS) is 15.6. The first-order chi connectivity index (χ1) is 8.38. The molecule has 0 bridgehead atoms. The van der Waals surface area contributed by atoms with Crippen molar-refractivity contribution < 1.29 is 0 Å². The summed E-state index contributed by atoms with van der Waals surface area (Å²) in [5, 5.41) is 5.70. The minimum Gasteiger partial charge on any atom is -0.315 e. The van der Waals surface area contributed by atoms with Crippen LogP contribution in [-0.4, -0.2) is 37.6 Å². The van der Waals surface area contributed by atoms with E-state index in [0.29, 0.717) is 0 Å². The highest BCUT2D eigenvalue weighted by molar-refractivity contribution is 7.09. The zero-order valence-corrected chi connectivity index (χ0v) is 11.6. The van der Waals surface area contributed by atoms with Gasteiger partial charge in [-0.15, -0.1) is 11.3 Å². The fourth-order valence-electron chi connectivity index (χ4n) is 2.07. The number of hydrogen-bond donors (Lipinski definition) is 1. The summed E-state index contributed by atoms with van der Waals surface area (Å²) in [5.74, 6) is 1.01. The molecular formula is C14H24N2S. The third-order valence-corrected chi connectivity index (χ3v) is 4.33. The fourth-order valence-corrected chi connectivity index (χ4v) is 2.78. The molecule has 2 rings (SSSR count). The highest BCUT2D eigenvalue weighted by Crippen LogP contribution is 2.29. The van der Waals surface area contributed by atoms with Gasteiger partial charge in [-0.1, -0.05) is 13.0 Å². The Kier molecular flexibility index (Phi) is 5.49. The van der Waals surface area contributed by atoms with Crippen LogP contribution in [0.3, 0.4) is 0 Å². The predicted octanol–water partition coefficient (Wildman–Crippen LogP) is 2.61. The van der Waals surface area contributed by atoms with Crippen LogP contribution in [0.4, 0.5) is 0 Å². The molecule has 1 aromatic rings. The predicted molar refractivity (Wildman–Crippen MR) is 75.7 cm³/mol. The van der Waals surface area contributed by atoms with Crippen LogP contribution in [0.5, 0.6) is 0 Å². The lowest BCUT2D eigenvalue weighted by molar-refractivity contribution is 0.276. The van der Waals surface area contributed by atoms with Crippen molar-refractivity contribution in [2.75, 3.05) is 32.7 Å². The van der Waals surface area contributed by atoms with Gasteiger partial charge in [-0.25, -0.2) is 0 Å². The lowest BCUT2D eigenvalue weighted by atomic mass is 10.3. The van der Waals surface area contributed by atoms with Crippen LogP contribution in [0.1, 0.15) is 24.6 Å². The molecule has 1 heterocycles. The van der Waals surface area contributed by atoms with Crippen molar-refractivity contribution >= 4 is 11.3 Å². The highest BCUT2D eigenvalue weighted by atomic mass is 32.1. The molecule has 1 fully saturated rings. The molecule has 3 heteroatoms. The van der Waals surface area contributed by atoms with E-state index >= 15 is 0 Å². The zero-order chi connectivity index (χ0) is 11.9. The highest BCUT2D eigenvalue weighted by Gasteiger charge is 2.23. The average Bonchev–Trinajstić information content (AvgIpc) is 3.01. The van der Waals surface area contributed by atoms with Crippen molar-refractivity contribution in [3.05, 3.63) is 22.4 Å². The molecule has 1 aliphatic rings. The standard InChI is InChI=1S/C14H24N2S/c1-2-16(12-13-5-6-13)10-9-15-8-7-14-4-3-11-17-14/h3-4,11,13,15H,2,5-10,12H2,1H3. The minimum atomic E-state index is 1.01. The SMILES string of the molecule is CCN(CCNCCc1cccs1)CC1CC1. The van der Waals surface area contributed by atoms with E-state index in [4.69, 9.17) is 0 Å². The first kappa shape index (κ1) is 13.1. The number of nitrogens with zero attached hydrogens (tertiary/aromatic N) is 1. The van der Waals surface area contributed by atoms with Crippen molar-refractivity contribution in [2.45, 2.75) is 26.2 Å². The van der Waals surface area contributed by atoms with Crippen molar-refractivity contribution in [3.63, 3.8) is 0 Å². The van der Waals surface area contributed by atoms with Crippen LogP contribution in [-0.2, 0) is 6.42 Å². The van der Waals surface area contributed by atoms with E-state index in [1.807, 2.05) is 11.3 Å². The van der Waals surface area contributed by atoms with Crippen LogP contribution >= 0.6 is 11.3 Å². The number of thiophene rings is 1. The summed E-state index contributed by atoms with van der Waals surface area (Å²) in [6, 6.07) is 4.35. The van der Waals surface area contributed by atoms with Gasteiger partial charge in [0, 0.05) is 31.1 Å². The van der Waals surface area contributed by atoms with Gasteiger partial charge in [0.2, 0.25) is 0 Å². The summed E-state index contributed by atoms with van der Waals surface area (Å²) in [6.45, 7) is 8.24. The number of nitrogens with one attached hydrogen (secondary N) is 1. The summed E-state index contributed by atoms with van der Waals surface area (Å²) in [5.41, 5.74) is 0. The van der Waals surface area contributed by atoms with E-state index in [1.54, 1.807) is 0 Å². The summed E-state index contributed by atoms with van der Waals surface area (Å²) in [4.78, 5) is 4.07. The Morgan fingerprint density at radius 3 is 2.94 bits per heavy atom. The average molecular weight is 252 g/mol. The lowest BCUT2D eigenvalue weighted by Gasteiger charge is -2.20. The largest absolute Gasteiger partial charge is 0.315 e. The molecule has 2 nitrogen and oxygen atoms in total. The topological polar surface area (TPSA) is 15.3 Å². The van der Waals surface area contributed by atoms with Crippen LogP contribution in [0, 0.1) is 5.92 Å². The van der Waals surface area contributed by atoms with Gasteiger partial charge < -0.3 is 10.2 Å². The summed E-state index contributed by atoms with van der Waals surface area (Å²) < 4.78 is 0. The quantitative estimate of drug-likeness (QED) is 0.680. The van der Waals surface area contributed by atoms with Gasteiger partial charge >= 0.3 is 0 Å². The number of hydrogen-bond acceptors (Lipinski definition) is 3. The Morgan fingerprint density at radius 2 is 2.29 bits per heavy atom. The van der Waals surface area contributed by atoms with Gasteiger partial charge in [-0.3, -0.25) is 0 Å². The van der Waals surface area contributed by atoms with Crippen molar-refractivity contribution in [2.24, 2.45) is 5.92 Å². The zero-order valence-electron chi connectivity index (χ0n) is 10.8. The van der Waals surface area contributed by atoms with Gasteiger partial charge in [0.1, 0.15) is 0 Å². The first-order valence-electron chi connectivity index (χ1n) is 6.84. The van der Waals surface area contributed by atoms with Crippen LogP contribution in [0.15, 0.2) is 17.5 Å². The van der Waals surface area contributed by atoms with E-state index in [2.05, 4.69) is 34.7 Å². The van der Waals surface area contributed by atoms with E-state index in [9.17, 15) is 0 Å². The van der Waals surface area contributed by atoms with E-state index < -0.39 is 0 Å². The molecule has 17 heavy (non-hydrogen) atoms. The maximum atomic E-state index is 3.55. The summed E-state index contributed by atoms with van der Waals surface area (Å²) >= 11 is 1.86. The molecule has 1 N–H and O–H groups in total. The second-order valence-corrected chi connectivity index (χ2v) is 5.95. The molecule has 0 radical (unpaired) electrons. The fraction of sp³-hybridized carbons (Fsp3) is 0.714. The molecule has 1 aliphatic carbocycles. The van der Waals surface area contributed by atoms with Crippen LogP contribution in [0.2, 0.25) is 0 Å². The molecular weight excluding hydrogens is 228 g/mol. The van der Waals surface area contributed by atoms with E-state index in [1.165, 1.54) is 43.8 Å². The Balaban J connectivity index is 1.49. The number of rotatable bonds is 9. The van der Waals surface area contributed by atoms with Gasteiger partial charge in [0.25, 0.3) is 0 Å². The molecule has 0 aliphatic heterocycles. The first-order valence-corrected chi connectivity index (χ1v) is 7.72. The van der Waals surface area contributed by atoms with Crippen molar-refractivity contribution in [1.82, 2.24) is 10.2 Å². The number of likely N-dealkylation sites (N-methyl/N-ethyl adjacent to an activating group) is 1. The summed E-state index contributed by atoms with van der Waals surface area (Å²) in [7, 11) is 0. The molecule has 0 spiro atoms. The van der Waals surface area contributed by atoms with Crippen LogP contribution < -0.4 is 5.32 Å². The molecule has 0 aromatic carbocycles. The molecule has 0 unspecified atom stereocenters. The Bertz CT molecular complexity index is 293. The molecule has 1 saturated carbocycles. The third kappa shape index (κ3) is 5.19. The van der Waals surface area contributed by atoms with Gasteiger partial charge in [0.15, 0.2) is 0 Å². The van der Waals surface area contributed by atoms with Crippen molar-refractivity contribution in [1.29, 1.82) is 0 Å². The van der Waals surface area contributed by atoms with Crippen molar-refractivity contribution in [3.8, 4) is 0 Å². The Morgan fingerprint density at radius 1 is 1.41 bits per heavy atom. The second-order valence-electron chi connectivity index (χ2n) is 4.92. The minimum absolute atomic E-state index is 1.01. The third-order valence-electron chi connectivity index (χ3n) is 3.39. The smallest absolute Gasteiger partial charge is 0.0107 e. The lowest BCUT2D eigenvalue weighted by Crippen LogP contribution is -2.34. The van der Waals surface area contributed by atoms with Gasteiger partial charge in [-0.05, 0) is 43.2 Å². The van der Waals surface area contributed by atoms with Gasteiger partial charge in [0.05, 0.1) is 0 Å².